The topological polar surface area (TPSA) is 49.9 Å². The molecule has 0 spiro atoms. The maximum Gasteiger partial charge on any atom is 0.296 e. The van der Waals surface area contributed by atoms with Gasteiger partial charge in [0.25, 0.3) is 5.91 Å². The third kappa shape index (κ3) is 4.13. The first-order chi connectivity index (χ1) is 12.9. The van der Waals surface area contributed by atoms with Crippen molar-refractivity contribution < 1.29 is 14.3 Å². The molecule has 0 saturated carbocycles. The molecular formula is C20H21ClN2O3S. The zero-order valence-corrected chi connectivity index (χ0v) is 17.0. The Balaban J connectivity index is 2.04. The fraction of sp³-hybridized carbons (Fsp3) is 0.300. The average molecular weight is 405 g/mol. The van der Waals surface area contributed by atoms with E-state index < -0.39 is 16.9 Å². The molecule has 1 aliphatic rings. The minimum Gasteiger partial charge on any atom is -0.497 e. The Morgan fingerprint density at radius 1 is 1.15 bits per heavy atom. The lowest BCUT2D eigenvalue weighted by Crippen LogP contribution is -2.41. The maximum absolute atomic E-state index is 13.0. The standard InChI is InChI=1S/C20H21ClN2O3S/c1-22(2)11-12-23-16-6-4-5-15(21)19(16)27-18(17(24)20(23)25)13-7-9-14(26-3)10-8-13/h4-10,18H,11-12H2,1-3H3. The van der Waals surface area contributed by atoms with Gasteiger partial charge in [0.15, 0.2) is 0 Å². The molecule has 1 unspecified atom stereocenters. The van der Waals surface area contributed by atoms with Gasteiger partial charge < -0.3 is 14.5 Å². The van der Waals surface area contributed by atoms with Crippen LogP contribution in [-0.4, -0.2) is 50.9 Å². The van der Waals surface area contributed by atoms with E-state index in [1.54, 1.807) is 36.3 Å². The second kappa shape index (κ2) is 8.33. The molecule has 0 radical (unpaired) electrons. The smallest absolute Gasteiger partial charge is 0.296 e. The molecule has 1 heterocycles. The number of halogens is 1. The number of fused-ring (bicyclic) bond motifs is 1. The van der Waals surface area contributed by atoms with E-state index in [-0.39, 0.29) is 0 Å². The van der Waals surface area contributed by atoms with Gasteiger partial charge in [-0.2, -0.15) is 0 Å². The molecule has 3 rings (SSSR count). The Morgan fingerprint density at radius 3 is 2.48 bits per heavy atom. The number of amides is 1. The number of rotatable bonds is 5. The highest BCUT2D eigenvalue weighted by Gasteiger charge is 2.37. The lowest BCUT2D eigenvalue weighted by molar-refractivity contribution is -0.136. The van der Waals surface area contributed by atoms with Crippen molar-refractivity contribution >= 4 is 40.7 Å². The summed E-state index contributed by atoms with van der Waals surface area (Å²) in [5.74, 6) is -0.260. The van der Waals surface area contributed by atoms with E-state index in [9.17, 15) is 9.59 Å². The van der Waals surface area contributed by atoms with E-state index in [4.69, 9.17) is 16.3 Å². The lowest BCUT2D eigenvalue weighted by atomic mass is 10.1. The average Bonchev–Trinajstić information content (AvgIpc) is 2.76. The van der Waals surface area contributed by atoms with Crippen LogP contribution in [0.3, 0.4) is 0 Å². The quantitative estimate of drug-likeness (QED) is 0.712. The van der Waals surface area contributed by atoms with Crippen molar-refractivity contribution in [1.29, 1.82) is 0 Å². The van der Waals surface area contributed by atoms with Crippen LogP contribution in [0.15, 0.2) is 47.4 Å². The van der Waals surface area contributed by atoms with Gasteiger partial charge in [-0.15, -0.1) is 11.8 Å². The van der Waals surface area contributed by atoms with Crippen LogP contribution >= 0.6 is 23.4 Å². The molecule has 0 aromatic heterocycles. The molecule has 0 fully saturated rings. The van der Waals surface area contributed by atoms with Gasteiger partial charge >= 0.3 is 0 Å². The summed E-state index contributed by atoms with van der Waals surface area (Å²) in [6.07, 6.45) is 0. The van der Waals surface area contributed by atoms with Crippen LogP contribution in [0.1, 0.15) is 10.8 Å². The van der Waals surface area contributed by atoms with E-state index in [1.807, 2.05) is 37.2 Å². The Morgan fingerprint density at radius 2 is 1.85 bits per heavy atom. The third-order valence-electron chi connectivity index (χ3n) is 4.36. The number of hydrogen-bond acceptors (Lipinski definition) is 5. The summed E-state index contributed by atoms with van der Waals surface area (Å²) in [5.41, 5.74) is 1.43. The molecule has 2 aromatic rings. The van der Waals surface area contributed by atoms with Crippen LogP contribution in [-0.2, 0) is 9.59 Å². The van der Waals surface area contributed by atoms with Crippen molar-refractivity contribution in [2.24, 2.45) is 0 Å². The molecular weight excluding hydrogens is 384 g/mol. The second-order valence-corrected chi connectivity index (χ2v) is 8.01. The zero-order chi connectivity index (χ0) is 19.6. The van der Waals surface area contributed by atoms with Crippen molar-refractivity contribution in [2.45, 2.75) is 10.1 Å². The molecule has 0 bridgehead atoms. The number of carbonyl (C=O) groups excluding carboxylic acids is 2. The summed E-state index contributed by atoms with van der Waals surface area (Å²) in [6.45, 7) is 1.06. The number of carbonyl (C=O) groups is 2. The van der Waals surface area contributed by atoms with E-state index >= 15 is 0 Å². The Hall–Kier alpha value is -2.02. The molecule has 142 valence electrons. The second-order valence-electron chi connectivity index (χ2n) is 6.48. The normalized spacial score (nSPS) is 17.1. The van der Waals surface area contributed by atoms with Crippen LogP contribution in [0.2, 0.25) is 5.02 Å². The van der Waals surface area contributed by atoms with E-state index in [0.29, 0.717) is 29.5 Å². The monoisotopic (exact) mass is 404 g/mol. The van der Waals surface area contributed by atoms with Crippen molar-refractivity contribution in [1.82, 2.24) is 4.90 Å². The Labute approximate surface area is 168 Å². The number of thioether (sulfide) groups is 1. The number of benzene rings is 2. The lowest BCUT2D eigenvalue weighted by Gasteiger charge is -2.24. The number of nitrogens with zero attached hydrogens (tertiary/aromatic N) is 2. The van der Waals surface area contributed by atoms with E-state index in [1.165, 1.54) is 11.8 Å². The minimum atomic E-state index is -0.647. The van der Waals surface area contributed by atoms with Gasteiger partial charge in [0.05, 0.1) is 22.7 Å². The van der Waals surface area contributed by atoms with Crippen molar-refractivity contribution in [3.63, 3.8) is 0 Å². The number of ether oxygens (including phenoxy) is 1. The molecule has 0 saturated heterocycles. The van der Waals surface area contributed by atoms with Crippen molar-refractivity contribution in [3.05, 3.63) is 53.1 Å². The number of Topliss-reactive ketones (excluding diaryl/α,β-unsaturated/α-hetero) is 1. The fourth-order valence-electron chi connectivity index (χ4n) is 2.87. The first kappa shape index (κ1) is 19.7. The predicted octanol–water partition coefficient (Wildman–Crippen LogP) is 3.66. The first-order valence-corrected chi connectivity index (χ1v) is 9.77. The molecule has 1 amide bonds. The highest BCUT2D eigenvalue weighted by atomic mass is 35.5. The minimum absolute atomic E-state index is 0.417. The third-order valence-corrected chi connectivity index (χ3v) is 6.17. The molecule has 1 aliphatic heterocycles. The number of anilines is 1. The van der Waals surface area contributed by atoms with Gasteiger partial charge in [0, 0.05) is 13.1 Å². The largest absolute Gasteiger partial charge is 0.497 e. The molecule has 1 atom stereocenters. The van der Waals surface area contributed by atoms with E-state index in [0.717, 1.165) is 10.5 Å². The summed E-state index contributed by atoms with van der Waals surface area (Å²) in [7, 11) is 5.44. The SMILES string of the molecule is COc1ccc(C2Sc3c(Cl)cccc3N(CCN(C)C)C(=O)C2=O)cc1. The molecule has 5 nitrogen and oxygen atoms in total. The molecule has 0 aliphatic carbocycles. The molecule has 7 heteroatoms. The number of methoxy groups -OCH3 is 1. The zero-order valence-electron chi connectivity index (χ0n) is 15.4. The van der Waals surface area contributed by atoms with Crippen LogP contribution in [0, 0.1) is 0 Å². The van der Waals surface area contributed by atoms with Crippen LogP contribution in [0.4, 0.5) is 5.69 Å². The summed E-state index contributed by atoms with van der Waals surface area (Å²) >= 11 is 7.76. The highest BCUT2D eigenvalue weighted by Crippen LogP contribution is 2.47. The van der Waals surface area contributed by atoms with Gasteiger partial charge in [-0.25, -0.2) is 0 Å². The summed E-state index contributed by atoms with van der Waals surface area (Å²) < 4.78 is 5.18. The van der Waals surface area contributed by atoms with Crippen LogP contribution < -0.4 is 9.64 Å². The predicted molar refractivity (Wildman–Crippen MR) is 109 cm³/mol. The molecule has 27 heavy (non-hydrogen) atoms. The summed E-state index contributed by atoms with van der Waals surface area (Å²) in [5, 5.41) is -0.111. The summed E-state index contributed by atoms with van der Waals surface area (Å²) in [4.78, 5) is 30.3. The van der Waals surface area contributed by atoms with Gasteiger partial charge in [-0.1, -0.05) is 29.8 Å². The van der Waals surface area contributed by atoms with Crippen LogP contribution in [0.5, 0.6) is 5.75 Å². The summed E-state index contributed by atoms with van der Waals surface area (Å²) in [6, 6.07) is 12.6. The van der Waals surface area contributed by atoms with Crippen molar-refractivity contribution in [2.75, 3.05) is 39.2 Å². The highest BCUT2D eigenvalue weighted by molar-refractivity contribution is 8.00. The first-order valence-electron chi connectivity index (χ1n) is 8.52. The van der Waals surface area contributed by atoms with Crippen LogP contribution in [0.25, 0.3) is 0 Å². The van der Waals surface area contributed by atoms with Gasteiger partial charge in [0.2, 0.25) is 5.78 Å². The number of hydrogen-bond donors (Lipinski definition) is 0. The molecule has 0 N–H and O–H groups in total. The Bertz CT molecular complexity index is 855. The van der Waals surface area contributed by atoms with Gasteiger partial charge in [-0.05, 0) is 43.9 Å². The number of ketones is 1. The number of likely N-dealkylation sites (N-methyl/N-ethyl adjacent to an activating group) is 1. The van der Waals surface area contributed by atoms with Gasteiger partial charge in [0.1, 0.15) is 11.0 Å². The fourth-order valence-corrected chi connectivity index (χ4v) is 4.39. The maximum atomic E-state index is 13.0. The van der Waals surface area contributed by atoms with E-state index in [2.05, 4.69) is 0 Å². The van der Waals surface area contributed by atoms with Crippen molar-refractivity contribution in [3.8, 4) is 5.75 Å². The van der Waals surface area contributed by atoms with Gasteiger partial charge in [-0.3, -0.25) is 9.59 Å². The Kier molecular flexibility index (Phi) is 6.09. The molecule has 2 aromatic carbocycles.